The average Bonchev–Trinajstić information content (AvgIpc) is 3.23. The third kappa shape index (κ3) is 4.60. The number of urea groups is 1. The van der Waals surface area contributed by atoms with E-state index in [-0.39, 0.29) is 22.5 Å². The summed E-state index contributed by atoms with van der Waals surface area (Å²) in [6, 6.07) is 14.2. The lowest BCUT2D eigenvalue weighted by Gasteiger charge is -2.35. The lowest BCUT2D eigenvalue weighted by atomic mass is 10.2. The first kappa shape index (κ1) is 20.6. The van der Waals surface area contributed by atoms with Crippen molar-refractivity contribution in [3.63, 3.8) is 0 Å². The minimum absolute atomic E-state index is 0.0829. The number of para-hydroxylation sites is 2. The number of nitrogens with one attached hydrogen (secondary N) is 1. The molecule has 9 nitrogen and oxygen atoms in total. The van der Waals surface area contributed by atoms with Crippen LogP contribution in [0.1, 0.15) is 18.4 Å². The first-order valence-corrected chi connectivity index (χ1v) is 10.4. The summed E-state index contributed by atoms with van der Waals surface area (Å²) in [7, 11) is 0. The van der Waals surface area contributed by atoms with Crippen LogP contribution < -0.4 is 15.1 Å². The summed E-state index contributed by atoms with van der Waals surface area (Å²) in [5.41, 5.74) is 2.52. The van der Waals surface area contributed by atoms with E-state index in [0.29, 0.717) is 44.8 Å². The molecule has 1 N–H and O–H groups in total. The van der Waals surface area contributed by atoms with Gasteiger partial charge in [0.2, 0.25) is 5.91 Å². The number of hydrogen-bond acceptors (Lipinski definition) is 5. The van der Waals surface area contributed by atoms with Gasteiger partial charge in [-0.2, -0.15) is 0 Å². The van der Waals surface area contributed by atoms with E-state index >= 15 is 0 Å². The topological polar surface area (TPSA) is 99.0 Å². The van der Waals surface area contributed by atoms with Crippen LogP contribution in [-0.2, 0) is 11.3 Å². The van der Waals surface area contributed by atoms with E-state index in [9.17, 15) is 19.7 Å². The van der Waals surface area contributed by atoms with Crippen molar-refractivity contribution >= 4 is 29.0 Å². The van der Waals surface area contributed by atoms with Gasteiger partial charge in [-0.3, -0.25) is 14.9 Å². The van der Waals surface area contributed by atoms with E-state index in [0.717, 1.165) is 24.2 Å². The molecular formula is C22H25N5O4. The van der Waals surface area contributed by atoms with Gasteiger partial charge in [0.05, 0.1) is 4.92 Å². The molecule has 2 heterocycles. The van der Waals surface area contributed by atoms with Gasteiger partial charge in [-0.05, 0) is 30.2 Å². The maximum Gasteiger partial charge on any atom is 0.317 e. The summed E-state index contributed by atoms with van der Waals surface area (Å²) in [5, 5.41) is 14.2. The number of hydrogen-bond donors (Lipinski definition) is 1. The molecule has 0 spiro atoms. The van der Waals surface area contributed by atoms with Crippen LogP contribution in [0.5, 0.6) is 0 Å². The van der Waals surface area contributed by atoms with Crippen molar-refractivity contribution in [2.75, 3.05) is 42.5 Å². The first-order valence-electron chi connectivity index (χ1n) is 10.4. The van der Waals surface area contributed by atoms with Crippen molar-refractivity contribution in [1.82, 2.24) is 10.2 Å². The van der Waals surface area contributed by atoms with Crippen molar-refractivity contribution in [3.8, 4) is 0 Å². The van der Waals surface area contributed by atoms with Crippen LogP contribution in [-0.4, -0.2) is 54.5 Å². The first-order chi connectivity index (χ1) is 15.0. The Morgan fingerprint density at radius 2 is 1.71 bits per heavy atom. The van der Waals surface area contributed by atoms with Gasteiger partial charge in [-0.1, -0.05) is 24.3 Å². The summed E-state index contributed by atoms with van der Waals surface area (Å²) in [6.07, 6.45) is 1.49. The van der Waals surface area contributed by atoms with Crippen molar-refractivity contribution < 1.29 is 14.5 Å². The maximum absolute atomic E-state index is 12.5. The zero-order valence-corrected chi connectivity index (χ0v) is 17.2. The lowest BCUT2D eigenvalue weighted by molar-refractivity contribution is -0.384. The van der Waals surface area contributed by atoms with Gasteiger partial charge in [0, 0.05) is 57.4 Å². The van der Waals surface area contributed by atoms with Crippen molar-refractivity contribution in [2.45, 2.75) is 19.4 Å². The van der Waals surface area contributed by atoms with Crippen LogP contribution in [0.2, 0.25) is 0 Å². The number of benzene rings is 2. The van der Waals surface area contributed by atoms with Crippen LogP contribution in [0.4, 0.5) is 21.9 Å². The highest BCUT2D eigenvalue weighted by Gasteiger charge is 2.25. The second kappa shape index (κ2) is 9.03. The molecule has 2 aromatic rings. The molecule has 0 unspecified atom stereocenters. The Kier molecular flexibility index (Phi) is 6.01. The fraction of sp³-hybridized carbons (Fsp3) is 0.364. The molecule has 162 valence electrons. The third-order valence-corrected chi connectivity index (χ3v) is 5.75. The Balaban J connectivity index is 1.28. The predicted octanol–water partition coefficient (Wildman–Crippen LogP) is 2.75. The van der Waals surface area contributed by atoms with Gasteiger partial charge in [0.15, 0.2) is 0 Å². The second-order valence-electron chi connectivity index (χ2n) is 7.69. The standard InChI is InChI=1S/C22H25N5O4/c28-21-6-3-11-26(21)18-9-7-17(8-10-18)16-23-22(29)25-14-12-24(13-15-25)19-4-1-2-5-20(19)27(30)31/h1-2,4-5,7-10H,3,6,11-16H2,(H,23,29). The fourth-order valence-electron chi connectivity index (χ4n) is 4.04. The van der Waals surface area contributed by atoms with E-state index < -0.39 is 0 Å². The summed E-state index contributed by atoms with van der Waals surface area (Å²) in [6.45, 7) is 3.22. The van der Waals surface area contributed by atoms with Crippen LogP contribution in [0.15, 0.2) is 48.5 Å². The molecule has 0 bridgehead atoms. The number of anilines is 2. The molecule has 4 rings (SSSR count). The van der Waals surface area contributed by atoms with Gasteiger partial charge >= 0.3 is 6.03 Å². The molecule has 0 radical (unpaired) electrons. The molecular weight excluding hydrogens is 398 g/mol. The Labute approximate surface area is 180 Å². The van der Waals surface area contributed by atoms with Gasteiger partial charge in [-0.25, -0.2) is 4.79 Å². The summed E-state index contributed by atoms with van der Waals surface area (Å²) in [5.74, 6) is 0.154. The Hall–Kier alpha value is -3.62. The molecule has 2 aliphatic heterocycles. The highest BCUT2D eigenvalue weighted by Crippen LogP contribution is 2.28. The molecule has 0 atom stereocenters. The predicted molar refractivity (Wildman–Crippen MR) is 117 cm³/mol. The highest BCUT2D eigenvalue weighted by atomic mass is 16.6. The number of carbonyl (C=O) groups is 2. The van der Waals surface area contributed by atoms with Crippen LogP contribution in [0.25, 0.3) is 0 Å². The smallest absolute Gasteiger partial charge is 0.317 e. The molecule has 0 aliphatic carbocycles. The van der Waals surface area contributed by atoms with Crippen LogP contribution >= 0.6 is 0 Å². The van der Waals surface area contributed by atoms with Gasteiger partial charge in [0.25, 0.3) is 5.69 Å². The number of nitro groups is 1. The summed E-state index contributed by atoms with van der Waals surface area (Å²) in [4.78, 5) is 40.7. The molecule has 31 heavy (non-hydrogen) atoms. The van der Waals surface area contributed by atoms with E-state index in [1.807, 2.05) is 29.2 Å². The Morgan fingerprint density at radius 1 is 1.00 bits per heavy atom. The number of rotatable bonds is 5. The zero-order chi connectivity index (χ0) is 21.8. The average molecular weight is 423 g/mol. The van der Waals surface area contributed by atoms with E-state index in [1.54, 1.807) is 28.0 Å². The normalized spacial score (nSPS) is 16.5. The zero-order valence-electron chi connectivity index (χ0n) is 17.2. The molecule has 2 fully saturated rings. The third-order valence-electron chi connectivity index (χ3n) is 5.75. The van der Waals surface area contributed by atoms with Gasteiger partial charge in [-0.15, -0.1) is 0 Å². The number of piperazine rings is 1. The van der Waals surface area contributed by atoms with E-state index in [2.05, 4.69) is 5.32 Å². The molecule has 2 aliphatic rings. The number of nitrogens with zero attached hydrogens (tertiary/aromatic N) is 4. The molecule has 3 amide bonds. The van der Waals surface area contributed by atoms with Crippen molar-refractivity contribution in [3.05, 3.63) is 64.2 Å². The fourth-order valence-corrected chi connectivity index (χ4v) is 4.04. The highest BCUT2D eigenvalue weighted by molar-refractivity contribution is 5.95. The van der Waals surface area contributed by atoms with E-state index in [1.165, 1.54) is 6.07 Å². The molecule has 2 aromatic carbocycles. The summed E-state index contributed by atoms with van der Waals surface area (Å²) >= 11 is 0. The number of nitro benzene ring substituents is 1. The molecule has 0 aromatic heterocycles. The van der Waals surface area contributed by atoms with Crippen molar-refractivity contribution in [1.29, 1.82) is 0 Å². The molecule has 2 saturated heterocycles. The van der Waals surface area contributed by atoms with Crippen LogP contribution in [0, 0.1) is 10.1 Å². The lowest BCUT2D eigenvalue weighted by Crippen LogP contribution is -2.51. The largest absolute Gasteiger partial charge is 0.362 e. The Morgan fingerprint density at radius 3 is 2.35 bits per heavy atom. The maximum atomic E-state index is 12.5. The number of amides is 3. The molecule has 0 saturated carbocycles. The van der Waals surface area contributed by atoms with Gasteiger partial charge < -0.3 is 20.0 Å². The monoisotopic (exact) mass is 423 g/mol. The quantitative estimate of drug-likeness (QED) is 0.589. The minimum atomic E-state index is -0.376. The minimum Gasteiger partial charge on any atom is -0.362 e. The Bertz CT molecular complexity index is 970. The van der Waals surface area contributed by atoms with Crippen molar-refractivity contribution in [2.24, 2.45) is 0 Å². The van der Waals surface area contributed by atoms with Crippen LogP contribution in [0.3, 0.4) is 0 Å². The second-order valence-corrected chi connectivity index (χ2v) is 7.69. The van der Waals surface area contributed by atoms with Gasteiger partial charge in [0.1, 0.15) is 5.69 Å². The molecule has 9 heteroatoms. The van der Waals surface area contributed by atoms with E-state index in [4.69, 9.17) is 0 Å². The summed E-state index contributed by atoms with van der Waals surface area (Å²) < 4.78 is 0. The number of carbonyl (C=O) groups excluding carboxylic acids is 2. The SMILES string of the molecule is O=C(NCc1ccc(N2CCCC2=O)cc1)N1CCN(c2ccccc2[N+](=O)[O-])CC1.